The summed E-state index contributed by atoms with van der Waals surface area (Å²) >= 11 is 8.40. The maximum absolute atomic E-state index is 12.4. The molecule has 0 saturated carbocycles. The molecule has 0 aromatic heterocycles. The van der Waals surface area contributed by atoms with Crippen LogP contribution in [0.3, 0.4) is 0 Å². The summed E-state index contributed by atoms with van der Waals surface area (Å²) in [6.07, 6.45) is 1.63. The van der Waals surface area contributed by atoms with Crippen LogP contribution in [-0.4, -0.2) is 16.0 Å². The number of aliphatic imine (C=N–C) groups is 1. The number of benzene rings is 3. The molecule has 1 saturated heterocycles. The van der Waals surface area contributed by atoms with Gasteiger partial charge in [-0.25, -0.2) is 4.99 Å². The molecule has 0 bridgehead atoms. The van der Waals surface area contributed by atoms with Gasteiger partial charge in [-0.05, 0) is 79.2 Å². The highest BCUT2D eigenvalue weighted by Crippen LogP contribution is 2.37. The fourth-order valence-corrected chi connectivity index (χ4v) is 5.02. The lowest BCUT2D eigenvalue weighted by Crippen LogP contribution is -2.19. The van der Waals surface area contributed by atoms with Crippen molar-refractivity contribution in [3.8, 4) is 0 Å². The highest BCUT2D eigenvalue weighted by molar-refractivity contribution is 8.18. The number of nitro groups is 1. The summed E-state index contributed by atoms with van der Waals surface area (Å²) in [4.78, 5) is 30.0. The van der Waals surface area contributed by atoms with Gasteiger partial charge in [-0.1, -0.05) is 47.1 Å². The van der Waals surface area contributed by atoms with Crippen molar-refractivity contribution in [1.82, 2.24) is 5.32 Å². The number of amides is 1. The first-order chi connectivity index (χ1) is 15.8. The zero-order chi connectivity index (χ0) is 23.5. The van der Waals surface area contributed by atoms with Crippen LogP contribution in [0.5, 0.6) is 0 Å². The summed E-state index contributed by atoms with van der Waals surface area (Å²) in [6, 6.07) is 17.9. The fraction of sp³-hybridized carbons (Fsp3) is 0.0833. The quantitative estimate of drug-likeness (QED) is 0.236. The van der Waals surface area contributed by atoms with E-state index in [0.29, 0.717) is 25.6 Å². The summed E-state index contributed by atoms with van der Waals surface area (Å²) < 4.78 is 0. The Morgan fingerprint density at radius 3 is 2.55 bits per heavy atom. The number of rotatable bonds is 5. The molecule has 33 heavy (non-hydrogen) atoms. The van der Waals surface area contributed by atoms with Gasteiger partial charge < -0.3 is 5.32 Å². The molecule has 0 spiro atoms. The third kappa shape index (κ3) is 5.65. The fourth-order valence-electron chi connectivity index (χ4n) is 3.15. The standard InChI is InChI=1S/C24H18ClN3O3S2/c1-14-3-9-19(15(2)11-14)26-24-27-23(29)22(33-24)13-16-4-10-21(20(12-16)28(30)31)32-18-7-5-17(25)6-8-18/h3-13H,1-2H3,(H,26,27,29)/b22-13+. The minimum atomic E-state index is -0.421. The van der Waals surface area contributed by atoms with E-state index in [1.54, 1.807) is 30.3 Å². The Morgan fingerprint density at radius 2 is 1.85 bits per heavy atom. The zero-order valence-electron chi connectivity index (χ0n) is 17.7. The molecule has 1 aliphatic rings. The average molecular weight is 496 g/mol. The first-order valence-corrected chi connectivity index (χ1v) is 11.9. The number of amidine groups is 1. The summed E-state index contributed by atoms with van der Waals surface area (Å²) in [6.45, 7) is 3.97. The number of nitro benzene ring substituents is 1. The number of nitrogens with one attached hydrogen (secondary N) is 1. The van der Waals surface area contributed by atoms with E-state index in [4.69, 9.17) is 11.6 Å². The molecule has 6 nitrogen and oxygen atoms in total. The predicted octanol–water partition coefficient (Wildman–Crippen LogP) is 6.91. The first kappa shape index (κ1) is 23.1. The Labute approximate surface area is 204 Å². The molecule has 1 fully saturated rings. The number of nitrogens with zero attached hydrogens (tertiary/aromatic N) is 2. The lowest BCUT2D eigenvalue weighted by atomic mass is 10.1. The van der Waals surface area contributed by atoms with Crippen LogP contribution in [0.2, 0.25) is 5.02 Å². The monoisotopic (exact) mass is 495 g/mol. The number of carbonyl (C=O) groups is 1. The second-order valence-electron chi connectivity index (χ2n) is 7.31. The molecule has 1 N–H and O–H groups in total. The van der Waals surface area contributed by atoms with Crippen LogP contribution in [0.15, 0.2) is 80.4 Å². The van der Waals surface area contributed by atoms with Crippen molar-refractivity contribution in [2.75, 3.05) is 0 Å². The number of hydrogen-bond donors (Lipinski definition) is 1. The van der Waals surface area contributed by atoms with Crippen LogP contribution < -0.4 is 5.32 Å². The number of carbonyl (C=O) groups excluding carboxylic acids is 1. The van der Waals surface area contributed by atoms with E-state index in [-0.39, 0.29) is 11.6 Å². The maximum Gasteiger partial charge on any atom is 0.283 e. The Kier molecular flexibility index (Phi) is 6.88. The molecule has 3 aromatic carbocycles. The van der Waals surface area contributed by atoms with Crippen LogP contribution >= 0.6 is 35.1 Å². The molecule has 0 unspecified atom stereocenters. The molecule has 0 aliphatic carbocycles. The lowest BCUT2D eigenvalue weighted by Gasteiger charge is -2.05. The highest BCUT2D eigenvalue weighted by atomic mass is 35.5. The number of halogens is 1. The Bertz CT molecular complexity index is 1320. The van der Waals surface area contributed by atoms with E-state index in [2.05, 4.69) is 10.3 Å². The molecule has 1 heterocycles. The molecule has 9 heteroatoms. The minimum absolute atomic E-state index is 0.0307. The number of aryl methyl sites for hydroxylation is 2. The Hall–Kier alpha value is -3.07. The van der Waals surface area contributed by atoms with Gasteiger partial charge in [-0.15, -0.1) is 0 Å². The second kappa shape index (κ2) is 9.82. The molecular weight excluding hydrogens is 478 g/mol. The van der Waals surface area contributed by atoms with Crippen molar-refractivity contribution in [2.45, 2.75) is 23.6 Å². The Morgan fingerprint density at radius 1 is 1.09 bits per heavy atom. The molecular formula is C24H18ClN3O3S2. The maximum atomic E-state index is 12.4. The second-order valence-corrected chi connectivity index (χ2v) is 9.89. The van der Waals surface area contributed by atoms with Crippen molar-refractivity contribution >= 4 is 63.7 Å². The van der Waals surface area contributed by atoms with Gasteiger partial charge in [0.05, 0.1) is 20.4 Å². The summed E-state index contributed by atoms with van der Waals surface area (Å²) in [5.41, 5.74) is 3.46. The third-order valence-corrected chi connectivity index (χ3v) is 6.98. The smallest absolute Gasteiger partial charge is 0.283 e. The SMILES string of the molecule is Cc1ccc(N=C2NC(=O)/C(=C\c3ccc(Sc4ccc(Cl)cc4)c([N+](=O)[O-])c3)S2)c(C)c1. The van der Waals surface area contributed by atoms with Gasteiger partial charge in [-0.3, -0.25) is 14.9 Å². The minimum Gasteiger partial charge on any atom is -0.300 e. The van der Waals surface area contributed by atoms with E-state index < -0.39 is 4.92 Å². The number of hydrogen-bond acceptors (Lipinski definition) is 6. The van der Waals surface area contributed by atoms with Gasteiger partial charge in [0.25, 0.3) is 11.6 Å². The molecule has 1 amide bonds. The van der Waals surface area contributed by atoms with Crippen LogP contribution in [0.1, 0.15) is 16.7 Å². The molecule has 4 rings (SSSR count). The molecule has 3 aromatic rings. The predicted molar refractivity (Wildman–Crippen MR) is 135 cm³/mol. The lowest BCUT2D eigenvalue weighted by molar-refractivity contribution is -0.387. The van der Waals surface area contributed by atoms with Gasteiger partial charge in [0, 0.05) is 16.0 Å². The molecule has 0 radical (unpaired) electrons. The first-order valence-electron chi connectivity index (χ1n) is 9.87. The molecule has 0 atom stereocenters. The van der Waals surface area contributed by atoms with E-state index in [1.807, 2.05) is 44.2 Å². The topological polar surface area (TPSA) is 84.6 Å². The summed E-state index contributed by atoms with van der Waals surface area (Å²) in [5, 5.41) is 15.5. The normalized spacial score (nSPS) is 15.8. The van der Waals surface area contributed by atoms with Gasteiger partial charge in [0.2, 0.25) is 0 Å². The zero-order valence-corrected chi connectivity index (χ0v) is 20.1. The van der Waals surface area contributed by atoms with Crippen LogP contribution in [0.25, 0.3) is 6.08 Å². The van der Waals surface area contributed by atoms with Crippen molar-refractivity contribution in [2.24, 2.45) is 4.99 Å². The number of thioether (sulfide) groups is 1. The van der Waals surface area contributed by atoms with E-state index in [1.165, 1.54) is 29.6 Å². The van der Waals surface area contributed by atoms with Crippen LogP contribution in [0, 0.1) is 24.0 Å². The van der Waals surface area contributed by atoms with Crippen LogP contribution in [0.4, 0.5) is 11.4 Å². The average Bonchev–Trinajstić information content (AvgIpc) is 3.11. The highest BCUT2D eigenvalue weighted by Gasteiger charge is 2.24. The third-order valence-electron chi connectivity index (χ3n) is 4.74. The summed E-state index contributed by atoms with van der Waals surface area (Å²) in [7, 11) is 0. The van der Waals surface area contributed by atoms with E-state index in [9.17, 15) is 14.9 Å². The van der Waals surface area contributed by atoms with Crippen molar-refractivity contribution in [1.29, 1.82) is 0 Å². The van der Waals surface area contributed by atoms with Crippen LogP contribution in [-0.2, 0) is 4.79 Å². The molecule has 166 valence electrons. The van der Waals surface area contributed by atoms with Gasteiger partial charge in [0.1, 0.15) is 0 Å². The van der Waals surface area contributed by atoms with Gasteiger partial charge >= 0.3 is 0 Å². The van der Waals surface area contributed by atoms with E-state index >= 15 is 0 Å². The van der Waals surface area contributed by atoms with Crippen molar-refractivity contribution in [3.05, 3.63) is 97.4 Å². The Balaban J connectivity index is 1.58. The van der Waals surface area contributed by atoms with E-state index in [0.717, 1.165) is 21.7 Å². The largest absolute Gasteiger partial charge is 0.300 e. The van der Waals surface area contributed by atoms with Gasteiger partial charge in [0.15, 0.2) is 5.17 Å². The van der Waals surface area contributed by atoms with Crippen molar-refractivity contribution < 1.29 is 9.72 Å². The summed E-state index contributed by atoms with van der Waals surface area (Å²) in [5.74, 6) is -0.286. The molecule has 1 aliphatic heterocycles. The van der Waals surface area contributed by atoms with Gasteiger partial charge in [-0.2, -0.15) is 0 Å². The van der Waals surface area contributed by atoms with Crippen molar-refractivity contribution in [3.63, 3.8) is 0 Å².